The first-order valence-electron chi connectivity index (χ1n) is 5.29. The van der Waals surface area contributed by atoms with Crippen LogP contribution in [-0.2, 0) is 4.79 Å². The Labute approximate surface area is 113 Å². The summed E-state index contributed by atoms with van der Waals surface area (Å²) in [4.78, 5) is 23.7. The van der Waals surface area contributed by atoms with E-state index in [9.17, 15) is 14.9 Å². The third-order valence-corrected chi connectivity index (χ3v) is 3.30. The van der Waals surface area contributed by atoms with Crippen molar-refractivity contribution >= 4 is 40.5 Å². The van der Waals surface area contributed by atoms with Crippen LogP contribution < -0.4 is 4.90 Å². The normalized spacial score (nSPS) is 19.4. The van der Waals surface area contributed by atoms with E-state index in [0.717, 1.165) is 0 Å². The molecule has 0 bridgehead atoms. The van der Waals surface area contributed by atoms with Crippen LogP contribution in [0.5, 0.6) is 0 Å². The van der Waals surface area contributed by atoms with E-state index in [2.05, 4.69) is 0 Å². The van der Waals surface area contributed by atoms with Crippen molar-refractivity contribution in [2.24, 2.45) is 0 Å². The van der Waals surface area contributed by atoms with Gasteiger partial charge in [-0.15, -0.1) is 11.6 Å². The Morgan fingerprint density at radius 2 is 2.17 bits per heavy atom. The van der Waals surface area contributed by atoms with E-state index in [1.165, 1.54) is 11.0 Å². The van der Waals surface area contributed by atoms with Gasteiger partial charge in [-0.2, -0.15) is 0 Å². The van der Waals surface area contributed by atoms with E-state index in [-0.39, 0.29) is 40.6 Å². The van der Waals surface area contributed by atoms with Gasteiger partial charge in [0.1, 0.15) is 5.69 Å². The molecule has 0 N–H and O–H groups in total. The molecule has 1 aromatic carbocycles. The summed E-state index contributed by atoms with van der Waals surface area (Å²) in [6, 6.07) is 2.84. The zero-order valence-corrected chi connectivity index (χ0v) is 11.0. The quantitative estimate of drug-likeness (QED) is 0.477. The molecule has 1 saturated heterocycles. The van der Waals surface area contributed by atoms with Gasteiger partial charge in [-0.3, -0.25) is 14.9 Å². The van der Waals surface area contributed by atoms with Crippen LogP contribution >= 0.6 is 23.2 Å². The minimum absolute atomic E-state index is 0.167. The Balaban J connectivity index is 2.56. The van der Waals surface area contributed by atoms with Gasteiger partial charge in [-0.25, -0.2) is 0 Å². The number of rotatable bonds is 2. The molecule has 1 aliphatic rings. The summed E-state index contributed by atoms with van der Waals surface area (Å²) in [6.07, 6.45) is 0.195. The maximum atomic E-state index is 11.8. The van der Waals surface area contributed by atoms with Crippen molar-refractivity contribution in [3.63, 3.8) is 0 Å². The fourth-order valence-electron chi connectivity index (χ4n) is 2.09. The van der Waals surface area contributed by atoms with Crippen LogP contribution in [-0.4, -0.2) is 22.8 Å². The van der Waals surface area contributed by atoms with Gasteiger partial charge in [0.05, 0.1) is 10.3 Å². The summed E-state index contributed by atoms with van der Waals surface area (Å²) in [5.74, 6) is -0.205. The van der Waals surface area contributed by atoms with E-state index < -0.39 is 4.92 Å². The average Bonchev–Trinajstić information content (AvgIpc) is 2.56. The number of alkyl halides is 1. The number of amides is 1. The van der Waals surface area contributed by atoms with Gasteiger partial charge < -0.3 is 4.90 Å². The second-order valence-electron chi connectivity index (χ2n) is 4.15. The summed E-state index contributed by atoms with van der Waals surface area (Å²) in [5, 5.41) is 11.0. The fraction of sp³-hybridized carbons (Fsp3) is 0.364. The standard InChI is InChI=1S/C11H10Cl2N2O3/c1-6-2-7(12)3-9(15(17)18)11(6)14-5-8(13)4-10(14)16/h2-3,8H,4-5H2,1H3. The lowest BCUT2D eigenvalue weighted by molar-refractivity contribution is -0.384. The van der Waals surface area contributed by atoms with E-state index in [4.69, 9.17) is 23.2 Å². The van der Waals surface area contributed by atoms with Crippen LogP contribution in [0.15, 0.2) is 12.1 Å². The number of hydrogen-bond donors (Lipinski definition) is 0. The summed E-state index contributed by atoms with van der Waals surface area (Å²) >= 11 is 11.7. The molecule has 1 heterocycles. The smallest absolute Gasteiger partial charge is 0.294 e. The maximum absolute atomic E-state index is 11.8. The molecule has 7 heteroatoms. The Hall–Kier alpha value is -1.33. The number of halogens is 2. The van der Waals surface area contributed by atoms with Gasteiger partial charge in [0, 0.05) is 24.1 Å². The molecule has 0 aromatic heterocycles. The third-order valence-electron chi connectivity index (χ3n) is 2.79. The fourth-order valence-corrected chi connectivity index (χ4v) is 2.63. The highest BCUT2D eigenvalue weighted by atomic mass is 35.5. The number of hydrogen-bond acceptors (Lipinski definition) is 3. The lowest BCUT2D eigenvalue weighted by Crippen LogP contribution is -2.26. The molecule has 1 fully saturated rings. The Morgan fingerprint density at radius 3 is 2.67 bits per heavy atom. The molecular formula is C11H10Cl2N2O3. The number of anilines is 1. The molecule has 0 spiro atoms. The van der Waals surface area contributed by atoms with Crippen molar-refractivity contribution in [1.82, 2.24) is 0 Å². The largest absolute Gasteiger partial charge is 0.305 e. The van der Waals surface area contributed by atoms with Crippen molar-refractivity contribution in [2.45, 2.75) is 18.7 Å². The first-order chi connectivity index (χ1) is 8.40. The van der Waals surface area contributed by atoms with Crippen molar-refractivity contribution < 1.29 is 9.72 Å². The van der Waals surface area contributed by atoms with E-state index in [1.807, 2.05) is 0 Å². The summed E-state index contributed by atoms with van der Waals surface area (Å²) in [7, 11) is 0. The van der Waals surface area contributed by atoms with Crippen LogP contribution in [0.2, 0.25) is 5.02 Å². The summed E-state index contributed by atoms with van der Waals surface area (Å²) in [6.45, 7) is 1.97. The second kappa shape index (κ2) is 4.74. The van der Waals surface area contributed by atoms with Crippen LogP contribution in [0.3, 0.4) is 0 Å². The van der Waals surface area contributed by atoms with E-state index in [1.54, 1.807) is 13.0 Å². The van der Waals surface area contributed by atoms with Gasteiger partial charge in [0.25, 0.3) is 5.69 Å². The number of carbonyl (C=O) groups excluding carboxylic acids is 1. The SMILES string of the molecule is Cc1cc(Cl)cc([N+](=O)[O-])c1N1CC(Cl)CC1=O. The molecule has 5 nitrogen and oxygen atoms in total. The molecular weight excluding hydrogens is 279 g/mol. The Morgan fingerprint density at radius 1 is 1.50 bits per heavy atom. The van der Waals surface area contributed by atoms with Gasteiger partial charge in [0.15, 0.2) is 0 Å². The lowest BCUT2D eigenvalue weighted by Gasteiger charge is -2.18. The number of carbonyl (C=O) groups is 1. The highest BCUT2D eigenvalue weighted by Gasteiger charge is 2.34. The average molecular weight is 289 g/mol. The monoisotopic (exact) mass is 288 g/mol. The lowest BCUT2D eigenvalue weighted by atomic mass is 10.1. The number of nitro groups is 1. The molecule has 96 valence electrons. The molecule has 2 rings (SSSR count). The number of nitrogens with zero attached hydrogens (tertiary/aromatic N) is 2. The summed E-state index contributed by atoms with van der Waals surface area (Å²) < 4.78 is 0. The molecule has 0 aliphatic carbocycles. The summed E-state index contributed by atoms with van der Waals surface area (Å²) in [5.41, 5.74) is 0.713. The maximum Gasteiger partial charge on any atom is 0.294 e. The first-order valence-corrected chi connectivity index (χ1v) is 6.10. The predicted octanol–water partition coefficient (Wildman–Crippen LogP) is 2.90. The molecule has 0 radical (unpaired) electrons. The molecule has 1 aromatic rings. The highest BCUT2D eigenvalue weighted by molar-refractivity contribution is 6.31. The van der Waals surface area contributed by atoms with E-state index >= 15 is 0 Å². The topological polar surface area (TPSA) is 63.5 Å². The number of aryl methyl sites for hydroxylation is 1. The van der Waals surface area contributed by atoms with Gasteiger partial charge in [0.2, 0.25) is 5.91 Å². The minimum atomic E-state index is -0.539. The van der Waals surface area contributed by atoms with Gasteiger partial charge >= 0.3 is 0 Å². The second-order valence-corrected chi connectivity index (χ2v) is 5.21. The van der Waals surface area contributed by atoms with E-state index in [0.29, 0.717) is 5.56 Å². The first kappa shape index (κ1) is 13.1. The van der Waals surface area contributed by atoms with Crippen molar-refractivity contribution in [3.05, 3.63) is 32.8 Å². The Bertz CT molecular complexity index is 533. The van der Waals surface area contributed by atoms with Crippen LogP contribution in [0.25, 0.3) is 0 Å². The van der Waals surface area contributed by atoms with Crippen LogP contribution in [0.4, 0.5) is 11.4 Å². The van der Waals surface area contributed by atoms with Crippen molar-refractivity contribution in [3.8, 4) is 0 Å². The molecule has 18 heavy (non-hydrogen) atoms. The van der Waals surface area contributed by atoms with Gasteiger partial charge in [-0.1, -0.05) is 11.6 Å². The van der Waals surface area contributed by atoms with Gasteiger partial charge in [-0.05, 0) is 18.6 Å². The molecule has 1 amide bonds. The Kier molecular flexibility index (Phi) is 3.45. The molecule has 1 aliphatic heterocycles. The van der Waals surface area contributed by atoms with Crippen LogP contribution in [0.1, 0.15) is 12.0 Å². The minimum Gasteiger partial charge on any atom is -0.305 e. The van der Waals surface area contributed by atoms with Crippen molar-refractivity contribution in [2.75, 3.05) is 11.4 Å². The zero-order valence-electron chi connectivity index (χ0n) is 9.52. The highest BCUT2D eigenvalue weighted by Crippen LogP contribution is 2.37. The number of nitro benzene ring substituents is 1. The third kappa shape index (κ3) is 2.28. The zero-order chi connectivity index (χ0) is 13.4. The van der Waals surface area contributed by atoms with Crippen molar-refractivity contribution in [1.29, 1.82) is 0 Å². The van der Waals surface area contributed by atoms with Crippen LogP contribution in [0, 0.1) is 17.0 Å². The molecule has 1 unspecified atom stereocenters. The molecule has 1 atom stereocenters. The number of benzene rings is 1. The molecule has 0 saturated carbocycles. The predicted molar refractivity (Wildman–Crippen MR) is 69.5 cm³/mol.